The molecule has 2 aromatic heterocycles. The Morgan fingerprint density at radius 3 is 1.48 bits per heavy atom. The summed E-state index contributed by atoms with van der Waals surface area (Å²) >= 11 is 0. The molecule has 0 aliphatic heterocycles. The van der Waals surface area contributed by atoms with Crippen LogP contribution >= 0.6 is 0 Å². The van der Waals surface area contributed by atoms with E-state index in [2.05, 4.69) is 212 Å². The average molecular weight is 762 g/mol. The van der Waals surface area contributed by atoms with Crippen molar-refractivity contribution in [2.24, 2.45) is 0 Å². The number of hydrogen-bond donors (Lipinski definition) is 0. The van der Waals surface area contributed by atoms with Crippen LogP contribution in [0.25, 0.3) is 121 Å². The molecule has 0 amide bonds. The van der Waals surface area contributed by atoms with Gasteiger partial charge in [0.05, 0.1) is 22.6 Å². The minimum atomic E-state index is 0.708. The van der Waals surface area contributed by atoms with Gasteiger partial charge in [0.2, 0.25) is 0 Å². The molecule has 12 rings (SSSR count). The van der Waals surface area contributed by atoms with Gasteiger partial charge in [0.15, 0.2) is 5.82 Å². The summed E-state index contributed by atoms with van der Waals surface area (Å²) in [6.45, 7) is 0. The SMILES string of the molecule is c1cc(-c2ccc(-c3cc(-c4cccc5ccccc45)nc(-c4cccc5ccccc45)n3)cc2)cc(-c2nc3ccccc3c3c4ccccc4c4ccccc4c23)c1. The predicted octanol–water partition coefficient (Wildman–Crippen LogP) is 15.1. The van der Waals surface area contributed by atoms with Crippen LogP contribution in [-0.4, -0.2) is 15.0 Å². The molecule has 60 heavy (non-hydrogen) atoms. The number of para-hydroxylation sites is 1. The smallest absolute Gasteiger partial charge is 0.161 e. The number of aromatic nitrogens is 3. The molecular weight excluding hydrogens is 727 g/mol. The van der Waals surface area contributed by atoms with E-state index in [1.165, 1.54) is 48.5 Å². The summed E-state index contributed by atoms with van der Waals surface area (Å²) in [7, 11) is 0. The molecule has 0 saturated carbocycles. The van der Waals surface area contributed by atoms with Gasteiger partial charge in [0.1, 0.15) is 0 Å². The van der Waals surface area contributed by atoms with E-state index in [0.29, 0.717) is 5.82 Å². The Balaban J connectivity index is 1.00. The first-order valence-electron chi connectivity index (χ1n) is 20.4. The summed E-state index contributed by atoms with van der Waals surface area (Å²) in [5.41, 5.74) is 10.2. The van der Waals surface area contributed by atoms with E-state index in [0.717, 1.165) is 66.8 Å². The first-order valence-corrected chi connectivity index (χ1v) is 20.4. The number of pyridine rings is 1. The van der Waals surface area contributed by atoms with E-state index >= 15 is 0 Å². The van der Waals surface area contributed by atoms with Gasteiger partial charge in [-0.15, -0.1) is 0 Å². The molecule has 12 aromatic rings. The van der Waals surface area contributed by atoms with Crippen molar-refractivity contribution in [3.05, 3.63) is 212 Å². The summed E-state index contributed by atoms with van der Waals surface area (Å²) in [5.74, 6) is 0.708. The van der Waals surface area contributed by atoms with Crippen molar-refractivity contribution in [1.82, 2.24) is 15.0 Å². The van der Waals surface area contributed by atoms with Crippen molar-refractivity contribution in [2.45, 2.75) is 0 Å². The minimum absolute atomic E-state index is 0.708. The molecule has 0 aliphatic rings. The summed E-state index contributed by atoms with van der Waals surface area (Å²) in [6, 6.07) is 75.6. The van der Waals surface area contributed by atoms with Crippen molar-refractivity contribution in [1.29, 1.82) is 0 Å². The molecule has 0 N–H and O–H groups in total. The van der Waals surface area contributed by atoms with Crippen molar-refractivity contribution in [2.75, 3.05) is 0 Å². The molecule has 0 atom stereocenters. The predicted molar refractivity (Wildman–Crippen MR) is 252 cm³/mol. The molecule has 0 aliphatic carbocycles. The summed E-state index contributed by atoms with van der Waals surface area (Å²) in [6.07, 6.45) is 0. The molecule has 3 heteroatoms. The van der Waals surface area contributed by atoms with E-state index in [1.54, 1.807) is 0 Å². The topological polar surface area (TPSA) is 38.7 Å². The van der Waals surface area contributed by atoms with Crippen LogP contribution in [0.5, 0.6) is 0 Å². The second kappa shape index (κ2) is 13.8. The number of hydrogen-bond acceptors (Lipinski definition) is 3. The largest absolute Gasteiger partial charge is 0.247 e. The Bertz CT molecular complexity index is 3550. The average Bonchev–Trinajstić information content (AvgIpc) is 3.33. The fourth-order valence-corrected chi connectivity index (χ4v) is 9.24. The molecule has 0 unspecified atom stereocenters. The first kappa shape index (κ1) is 34.1. The number of benzene rings is 10. The van der Waals surface area contributed by atoms with E-state index in [9.17, 15) is 0 Å². The van der Waals surface area contributed by atoms with Crippen LogP contribution in [0.2, 0.25) is 0 Å². The lowest BCUT2D eigenvalue weighted by molar-refractivity contribution is 1.19. The lowest BCUT2D eigenvalue weighted by Crippen LogP contribution is -1.97. The quantitative estimate of drug-likeness (QED) is 0.164. The van der Waals surface area contributed by atoms with Crippen molar-refractivity contribution in [3.8, 4) is 56.3 Å². The Hall–Kier alpha value is -8.01. The molecule has 0 bridgehead atoms. The van der Waals surface area contributed by atoms with Gasteiger partial charge in [-0.1, -0.05) is 194 Å². The fraction of sp³-hybridized carbons (Fsp3) is 0. The number of rotatable bonds is 5. The molecule has 0 radical (unpaired) electrons. The van der Waals surface area contributed by atoms with E-state index in [4.69, 9.17) is 15.0 Å². The van der Waals surface area contributed by atoms with Gasteiger partial charge < -0.3 is 0 Å². The minimum Gasteiger partial charge on any atom is -0.247 e. The standard InChI is InChI=1S/C57H35N3/c1-3-20-42-37(14-1)16-12-27-46(42)53-35-52(59-57(60-53)49-28-13-17-38-15-2-4-21-43(38)49)39-32-30-36(31-33-39)40-18-11-19-41(34-40)56-55-48-25-8-6-23-45(48)44-22-5-7-24-47(44)54(55)50-26-9-10-29-51(50)58-56/h1-35H. The second-order valence-corrected chi connectivity index (χ2v) is 15.5. The molecule has 278 valence electrons. The third-order valence-corrected chi connectivity index (χ3v) is 12.0. The third-order valence-electron chi connectivity index (χ3n) is 12.0. The van der Waals surface area contributed by atoms with Crippen LogP contribution in [-0.2, 0) is 0 Å². The van der Waals surface area contributed by atoms with Crippen molar-refractivity contribution < 1.29 is 0 Å². The molecule has 3 nitrogen and oxygen atoms in total. The summed E-state index contributed by atoms with van der Waals surface area (Å²) in [4.78, 5) is 15.9. The Morgan fingerprint density at radius 1 is 0.267 bits per heavy atom. The van der Waals surface area contributed by atoms with E-state index in [1.807, 2.05) is 0 Å². The Kier molecular flexibility index (Phi) is 7.85. The van der Waals surface area contributed by atoms with E-state index in [-0.39, 0.29) is 0 Å². The zero-order valence-electron chi connectivity index (χ0n) is 32.5. The molecule has 10 aromatic carbocycles. The second-order valence-electron chi connectivity index (χ2n) is 15.5. The van der Waals surface area contributed by atoms with Crippen LogP contribution < -0.4 is 0 Å². The highest BCUT2D eigenvalue weighted by molar-refractivity contribution is 6.33. The van der Waals surface area contributed by atoms with Gasteiger partial charge in [-0.25, -0.2) is 15.0 Å². The van der Waals surface area contributed by atoms with E-state index < -0.39 is 0 Å². The highest BCUT2D eigenvalue weighted by Crippen LogP contribution is 2.43. The first-order chi connectivity index (χ1) is 29.7. The number of nitrogens with zero attached hydrogens (tertiary/aromatic N) is 3. The van der Waals surface area contributed by atoms with Crippen LogP contribution in [0, 0.1) is 0 Å². The monoisotopic (exact) mass is 761 g/mol. The fourth-order valence-electron chi connectivity index (χ4n) is 9.24. The van der Waals surface area contributed by atoms with Crippen molar-refractivity contribution in [3.63, 3.8) is 0 Å². The van der Waals surface area contributed by atoms with Crippen LogP contribution in [0.1, 0.15) is 0 Å². The van der Waals surface area contributed by atoms with Crippen molar-refractivity contribution >= 4 is 64.8 Å². The molecule has 0 fully saturated rings. The zero-order valence-corrected chi connectivity index (χ0v) is 32.5. The molecule has 0 saturated heterocycles. The van der Waals surface area contributed by atoms with Gasteiger partial charge in [-0.3, -0.25) is 0 Å². The zero-order chi connectivity index (χ0) is 39.6. The van der Waals surface area contributed by atoms with Gasteiger partial charge >= 0.3 is 0 Å². The Labute approximate surface area is 346 Å². The molecule has 2 heterocycles. The summed E-state index contributed by atoms with van der Waals surface area (Å²) in [5, 5.41) is 13.2. The van der Waals surface area contributed by atoms with Gasteiger partial charge in [-0.05, 0) is 72.4 Å². The number of fused-ring (bicyclic) bond motifs is 10. The molecule has 0 spiro atoms. The summed E-state index contributed by atoms with van der Waals surface area (Å²) < 4.78 is 0. The van der Waals surface area contributed by atoms with Gasteiger partial charge in [0.25, 0.3) is 0 Å². The highest BCUT2D eigenvalue weighted by Gasteiger charge is 2.19. The highest BCUT2D eigenvalue weighted by atomic mass is 14.9. The maximum Gasteiger partial charge on any atom is 0.161 e. The van der Waals surface area contributed by atoms with Crippen LogP contribution in [0.4, 0.5) is 0 Å². The maximum atomic E-state index is 5.41. The van der Waals surface area contributed by atoms with Gasteiger partial charge in [0, 0.05) is 38.4 Å². The van der Waals surface area contributed by atoms with Crippen LogP contribution in [0.3, 0.4) is 0 Å². The Morgan fingerprint density at radius 2 is 0.767 bits per heavy atom. The van der Waals surface area contributed by atoms with Crippen LogP contribution in [0.15, 0.2) is 212 Å². The third kappa shape index (κ3) is 5.55. The molecular formula is C57H35N3. The van der Waals surface area contributed by atoms with Gasteiger partial charge in [-0.2, -0.15) is 0 Å². The normalized spacial score (nSPS) is 11.7. The maximum absolute atomic E-state index is 5.41. The lowest BCUT2D eigenvalue weighted by atomic mass is 9.89. The lowest BCUT2D eigenvalue weighted by Gasteiger charge is -2.16.